The normalized spacial score (nSPS) is 17.3. The number of sulfone groups is 1. The van der Waals surface area contributed by atoms with Gasteiger partial charge in [-0.25, -0.2) is 18.8 Å². The number of aliphatic hydroxyl groups is 1. The highest BCUT2D eigenvalue weighted by Gasteiger charge is 2.54. The minimum Gasteiger partial charge on any atom is -0.494 e. The topological polar surface area (TPSA) is 130 Å². The number of hydrogen-bond donors (Lipinski definition) is 3. The van der Waals surface area contributed by atoms with Gasteiger partial charge < -0.3 is 19.5 Å². The van der Waals surface area contributed by atoms with Crippen LogP contribution in [0.2, 0.25) is 0 Å². The molecule has 0 saturated heterocycles. The van der Waals surface area contributed by atoms with Gasteiger partial charge in [0.25, 0.3) is 5.91 Å². The maximum absolute atomic E-state index is 14.4. The maximum atomic E-state index is 14.4. The monoisotopic (exact) mass is 734 g/mol. The standard InChI is InChI=1S/C36H39BrN4O6S/c1-41(2)28-17-13-26(14-18-28)25-38-40-35(43)36(21-24-48(44,45)30-9-4-3-5-10-30)33(31-11-6-7-12-32(31)37)47-34(39-36)27-15-19-29(20-16-27)46-23-8-22-42/h3-7,9-20,33,38,42H,8,21-25H2,1-2H3,(H,40,43)/t33-,36-/m0/s1. The lowest BCUT2D eigenvalue weighted by atomic mass is 9.85. The summed E-state index contributed by atoms with van der Waals surface area (Å²) in [5.74, 6) is -0.0803. The Morgan fingerprint density at radius 1 is 0.979 bits per heavy atom. The number of carbonyl (C=O) groups excluding carboxylic acids is 1. The van der Waals surface area contributed by atoms with Crippen LogP contribution < -0.4 is 20.5 Å². The molecule has 0 unspecified atom stereocenters. The summed E-state index contributed by atoms with van der Waals surface area (Å²) >= 11 is 3.61. The highest BCUT2D eigenvalue weighted by atomic mass is 79.9. The second-order valence-corrected chi connectivity index (χ2v) is 14.5. The van der Waals surface area contributed by atoms with Gasteiger partial charge in [-0.2, -0.15) is 0 Å². The molecule has 3 N–H and O–H groups in total. The van der Waals surface area contributed by atoms with E-state index in [9.17, 15) is 13.2 Å². The van der Waals surface area contributed by atoms with Crippen molar-refractivity contribution in [2.45, 2.75) is 35.9 Å². The molecule has 1 aliphatic heterocycles. The number of anilines is 1. The molecular formula is C36H39BrN4O6S. The van der Waals surface area contributed by atoms with Gasteiger partial charge in [-0.1, -0.05) is 64.5 Å². The van der Waals surface area contributed by atoms with E-state index in [1.165, 1.54) is 0 Å². The molecule has 0 aliphatic carbocycles. The fourth-order valence-corrected chi connectivity index (χ4v) is 7.20. The molecule has 1 aliphatic rings. The Hall–Kier alpha value is -4.23. The van der Waals surface area contributed by atoms with Crippen molar-refractivity contribution in [3.8, 4) is 5.75 Å². The van der Waals surface area contributed by atoms with Crippen molar-refractivity contribution < 1.29 is 27.8 Å². The molecule has 5 rings (SSSR count). The Labute approximate surface area is 289 Å². The van der Waals surface area contributed by atoms with E-state index in [4.69, 9.17) is 19.6 Å². The lowest BCUT2D eigenvalue weighted by molar-refractivity contribution is -0.130. The van der Waals surface area contributed by atoms with Gasteiger partial charge in [0, 0.05) is 61.4 Å². The summed E-state index contributed by atoms with van der Waals surface area (Å²) < 4.78 is 40.0. The Bertz CT molecular complexity index is 1820. The number of nitrogens with zero attached hydrogens (tertiary/aromatic N) is 2. The molecular weight excluding hydrogens is 696 g/mol. The molecule has 48 heavy (non-hydrogen) atoms. The van der Waals surface area contributed by atoms with E-state index in [-0.39, 0.29) is 29.6 Å². The minimum absolute atomic E-state index is 0.0287. The number of halogens is 1. The van der Waals surface area contributed by atoms with Crippen molar-refractivity contribution in [1.82, 2.24) is 10.9 Å². The number of carbonyl (C=O) groups is 1. The van der Waals surface area contributed by atoms with Gasteiger partial charge in [-0.15, -0.1) is 0 Å². The Morgan fingerprint density at radius 3 is 2.33 bits per heavy atom. The van der Waals surface area contributed by atoms with Gasteiger partial charge in [0.2, 0.25) is 5.90 Å². The molecule has 0 radical (unpaired) electrons. The van der Waals surface area contributed by atoms with Crippen LogP contribution in [0.3, 0.4) is 0 Å². The van der Waals surface area contributed by atoms with Crippen LogP contribution in [0.4, 0.5) is 5.69 Å². The summed E-state index contributed by atoms with van der Waals surface area (Å²) in [7, 11) is 0.145. The quantitative estimate of drug-likeness (QED) is 0.112. The van der Waals surface area contributed by atoms with Crippen LogP contribution in [0.25, 0.3) is 0 Å². The smallest absolute Gasteiger partial charge is 0.266 e. The highest BCUT2D eigenvalue weighted by molar-refractivity contribution is 9.10. The molecule has 2 atom stereocenters. The van der Waals surface area contributed by atoms with E-state index in [0.29, 0.717) is 40.9 Å². The maximum Gasteiger partial charge on any atom is 0.266 e. The number of hydrazine groups is 1. The second kappa shape index (κ2) is 15.8. The second-order valence-electron chi connectivity index (χ2n) is 11.6. The first-order valence-electron chi connectivity index (χ1n) is 15.6. The van der Waals surface area contributed by atoms with E-state index in [2.05, 4.69) is 26.8 Å². The Kier molecular flexibility index (Phi) is 11.5. The highest BCUT2D eigenvalue weighted by Crippen LogP contribution is 2.45. The predicted octanol–water partition coefficient (Wildman–Crippen LogP) is 5.22. The van der Waals surface area contributed by atoms with Crippen LogP contribution >= 0.6 is 15.9 Å². The van der Waals surface area contributed by atoms with Crippen LogP contribution in [0.5, 0.6) is 5.75 Å². The number of benzene rings is 4. The van der Waals surface area contributed by atoms with Gasteiger partial charge >= 0.3 is 0 Å². The first kappa shape index (κ1) is 35.1. The molecule has 0 bridgehead atoms. The first-order valence-corrected chi connectivity index (χ1v) is 18.0. The summed E-state index contributed by atoms with van der Waals surface area (Å²) in [6.45, 7) is 0.719. The van der Waals surface area contributed by atoms with Crippen molar-refractivity contribution >= 4 is 43.3 Å². The van der Waals surface area contributed by atoms with Crippen LogP contribution in [-0.4, -0.2) is 63.9 Å². The van der Waals surface area contributed by atoms with E-state index in [0.717, 1.165) is 11.3 Å². The van der Waals surface area contributed by atoms with Crippen LogP contribution in [0, 0.1) is 0 Å². The average Bonchev–Trinajstić information content (AvgIpc) is 3.49. The third-order valence-electron chi connectivity index (χ3n) is 8.02. The fourth-order valence-electron chi connectivity index (χ4n) is 5.32. The van der Waals surface area contributed by atoms with Crippen LogP contribution in [0.1, 0.15) is 35.6 Å². The van der Waals surface area contributed by atoms with Gasteiger partial charge in [0.1, 0.15) is 5.75 Å². The van der Waals surface area contributed by atoms with Crippen molar-refractivity contribution in [2.75, 3.05) is 38.0 Å². The molecule has 252 valence electrons. The molecule has 0 fully saturated rings. The molecule has 0 aromatic heterocycles. The fraction of sp³-hybridized carbons (Fsp3) is 0.278. The van der Waals surface area contributed by atoms with Crippen molar-refractivity contribution in [3.05, 3.63) is 124 Å². The Balaban J connectivity index is 1.50. The summed E-state index contributed by atoms with van der Waals surface area (Å²) in [5.41, 5.74) is 7.40. The number of ether oxygens (including phenoxy) is 2. The third-order valence-corrected chi connectivity index (χ3v) is 10.5. The SMILES string of the molecule is CN(C)c1ccc(CNNC(=O)[C@@]2(CCS(=O)(=O)c3ccccc3)N=C(c3ccc(OCCCO)cc3)O[C@H]2c2ccccc2Br)cc1. The van der Waals surface area contributed by atoms with Crippen LogP contribution in [0.15, 0.2) is 117 Å². The molecule has 10 nitrogen and oxygen atoms in total. The van der Waals surface area contributed by atoms with Gasteiger partial charge in [-0.3, -0.25) is 10.2 Å². The first-order chi connectivity index (χ1) is 23.1. The number of amides is 1. The number of rotatable bonds is 15. The van der Waals surface area contributed by atoms with E-state index in [1.54, 1.807) is 54.6 Å². The summed E-state index contributed by atoms with van der Waals surface area (Å²) in [6.07, 6.45) is -0.618. The number of aliphatic imine (C=N–C) groups is 1. The molecule has 0 saturated carbocycles. The van der Waals surface area contributed by atoms with E-state index < -0.39 is 27.4 Å². The molecule has 1 heterocycles. The van der Waals surface area contributed by atoms with E-state index in [1.807, 2.05) is 67.5 Å². The number of hydrogen-bond acceptors (Lipinski definition) is 9. The third kappa shape index (κ3) is 8.24. The summed E-state index contributed by atoms with van der Waals surface area (Å²) in [4.78, 5) is 21.5. The van der Waals surface area contributed by atoms with E-state index >= 15 is 0 Å². The van der Waals surface area contributed by atoms with Gasteiger partial charge in [0.15, 0.2) is 21.5 Å². The molecule has 1 amide bonds. The Morgan fingerprint density at radius 2 is 1.67 bits per heavy atom. The van der Waals surface area contributed by atoms with Crippen molar-refractivity contribution in [3.63, 3.8) is 0 Å². The summed E-state index contributed by atoms with van der Waals surface area (Å²) in [5, 5.41) is 9.07. The van der Waals surface area contributed by atoms with Crippen LogP contribution in [-0.2, 0) is 25.9 Å². The van der Waals surface area contributed by atoms with Gasteiger partial charge in [0.05, 0.1) is 17.3 Å². The average molecular weight is 736 g/mol. The molecule has 4 aromatic carbocycles. The number of nitrogens with one attached hydrogen (secondary N) is 2. The zero-order valence-electron chi connectivity index (χ0n) is 26.8. The molecule has 0 spiro atoms. The molecule has 4 aromatic rings. The minimum atomic E-state index is -3.78. The zero-order chi connectivity index (χ0) is 34.1. The lowest BCUT2D eigenvalue weighted by Crippen LogP contribution is -2.53. The lowest BCUT2D eigenvalue weighted by Gasteiger charge is -2.31. The van der Waals surface area contributed by atoms with Crippen molar-refractivity contribution in [1.29, 1.82) is 0 Å². The predicted molar refractivity (Wildman–Crippen MR) is 190 cm³/mol. The molecule has 12 heteroatoms. The summed E-state index contributed by atoms with van der Waals surface area (Å²) in [6, 6.07) is 30.5. The largest absolute Gasteiger partial charge is 0.494 e. The van der Waals surface area contributed by atoms with Gasteiger partial charge in [-0.05, 0) is 60.2 Å². The number of aliphatic hydroxyl groups excluding tert-OH is 1. The zero-order valence-corrected chi connectivity index (χ0v) is 29.2. The van der Waals surface area contributed by atoms with Crippen molar-refractivity contribution in [2.24, 2.45) is 4.99 Å².